The molecule has 1 aromatic rings. The highest BCUT2D eigenvalue weighted by Crippen LogP contribution is 2.06. The lowest BCUT2D eigenvalue weighted by atomic mass is 10.1. The van der Waals surface area contributed by atoms with E-state index in [0.29, 0.717) is 6.04 Å². The molecule has 1 rings (SSSR count). The van der Waals surface area contributed by atoms with Gasteiger partial charge in [-0.05, 0) is 32.5 Å². The minimum absolute atomic E-state index is 0.652. The summed E-state index contributed by atoms with van der Waals surface area (Å²) in [5.74, 6) is 0. The van der Waals surface area contributed by atoms with E-state index >= 15 is 0 Å². The van der Waals surface area contributed by atoms with Gasteiger partial charge in [0.05, 0.1) is 11.9 Å². The monoisotopic (exact) mass is 221 g/mol. The van der Waals surface area contributed by atoms with Gasteiger partial charge in [0.1, 0.15) is 0 Å². The molecule has 0 fully saturated rings. The normalized spacial score (nSPS) is 13.0. The maximum atomic E-state index is 5.60. The molecule has 0 saturated heterocycles. The lowest BCUT2D eigenvalue weighted by Gasteiger charge is -2.24. The van der Waals surface area contributed by atoms with E-state index in [4.69, 9.17) is 5.73 Å². The number of likely N-dealkylation sites (N-methyl/N-ethyl adjacent to an activating group) is 1. The van der Waals surface area contributed by atoms with Crippen LogP contribution in [0.15, 0.2) is 18.3 Å². The van der Waals surface area contributed by atoms with Crippen molar-refractivity contribution < 1.29 is 0 Å². The molecule has 0 bridgehead atoms. The van der Waals surface area contributed by atoms with Crippen LogP contribution in [0.4, 0.5) is 5.69 Å². The Balaban J connectivity index is 2.36. The predicted molar refractivity (Wildman–Crippen MR) is 69.4 cm³/mol. The van der Waals surface area contributed by atoms with Gasteiger partial charge in [0.25, 0.3) is 0 Å². The summed E-state index contributed by atoms with van der Waals surface area (Å²) in [5, 5.41) is 0. The number of hydrogen-bond acceptors (Lipinski definition) is 3. The maximum Gasteiger partial charge on any atom is 0.0501 e. The quantitative estimate of drug-likeness (QED) is 0.801. The average molecular weight is 221 g/mol. The first-order valence-electron chi connectivity index (χ1n) is 6.04. The molecule has 0 aliphatic rings. The van der Waals surface area contributed by atoms with Gasteiger partial charge >= 0.3 is 0 Å². The summed E-state index contributed by atoms with van der Waals surface area (Å²) in [5.41, 5.74) is 7.45. The topological polar surface area (TPSA) is 42.1 Å². The molecule has 0 aromatic carbocycles. The summed E-state index contributed by atoms with van der Waals surface area (Å²) < 4.78 is 0. The number of hydrogen-bond donors (Lipinski definition) is 1. The highest BCUT2D eigenvalue weighted by atomic mass is 15.1. The Bertz CT molecular complexity index is 295. The molecule has 0 radical (unpaired) electrons. The van der Waals surface area contributed by atoms with Gasteiger partial charge in [-0.25, -0.2) is 0 Å². The fraction of sp³-hybridized carbons (Fsp3) is 0.615. The molecule has 0 saturated carbocycles. The molecular formula is C13H23N3. The fourth-order valence-electron chi connectivity index (χ4n) is 1.73. The molecule has 2 N–H and O–H groups in total. The Labute approximate surface area is 98.7 Å². The van der Waals surface area contributed by atoms with Crippen molar-refractivity contribution in [2.75, 3.05) is 19.3 Å². The zero-order valence-corrected chi connectivity index (χ0v) is 10.6. The lowest BCUT2D eigenvalue weighted by Crippen LogP contribution is -2.30. The molecule has 0 spiro atoms. The molecule has 1 aromatic heterocycles. The molecule has 1 unspecified atom stereocenters. The molecule has 1 atom stereocenters. The smallest absolute Gasteiger partial charge is 0.0501 e. The molecule has 3 heteroatoms. The first kappa shape index (κ1) is 13.0. The van der Waals surface area contributed by atoms with Crippen molar-refractivity contribution in [3.63, 3.8) is 0 Å². The zero-order valence-electron chi connectivity index (χ0n) is 10.6. The van der Waals surface area contributed by atoms with Crippen LogP contribution in [-0.2, 0) is 6.42 Å². The van der Waals surface area contributed by atoms with Crippen LogP contribution in [0, 0.1) is 0 Å². The van der Waals surface area contributed by atoms with Crippen LogP contribution < -0.4 is 5.73 Å². The number of nitrogen functional groups attached to an aromatic ring is 1. The number of rotatable bonds is 6. The van der Waals surface area contributed by atoms with Crippen molar-refractivity contribution in [1.29, 1.82) is 0 Å². The number of nitrogens with zero attached hydrogens (tertiary/aromatic N) is 2. The van der Waals surface area contributed by atoms with Crippen molar-refractivity contribution in [3.05, 3.63) is 24.0 Å². The third-order valence-corrected chi connectivity index (χ3v) is 3.03. The molecule has 0 aliphatic heterocycles. The van der Waals surface area contributed by atoms with E-state index in [1.165, 1.54) is 12.8 Å². The number of nitrogens with two attached hydrogens (primary N) is 1. The Morgan fingerprint density at radius 2 is 2.19 bits per heavy atom. The molecule has 0 aliphatic carbocycles. The Kier molecular flexibility index (Phi) is 5.26. The second-order valence-electron chi connectivity index (χ2n) is 4.45. The van der Waals surface area contributed by atoms with Crippen molar-refractivity contribution in [3.8, 4) is 0 Å². The van der Waals surface area contributed by atoms with Crippen LogP contribution in [-0.4, -0.2) is 29.5 Å². The minimum atomic E-state index is 0.652. The number of pyridine rings is 1. The number of aromatic nitrogens is 1. The van der Waals surface area contributed by atoms with Gasteiger partial charge in [-0.1, -0.05) is 13.3 Å². The van der Waals surface area contributed by atoms with E-state index in [2.05, 4.69) is 30.8 Å². The average Bonchev–Trinajstić information content (AvgIpc) is 2.28. The van der Waals surface area contributed by atoms with E-state index in [1.54, 1.807) is 6.20 Å². The summed E-state index contributed by atoms with van der Waals surface area (Å²) in [7, 11) is 2.18. The zero-order chi connectivity index (χ0) is 12.0. The van der Waals surface area contributed by atoms with Gasteiger partial charge < -0.3 is 10.6 Å². The maximum absolute atomic E-state index is 5.60. The van der Waals surface area contributed by atoms with E-state index in [-0.39, 0.29) is 0 Å². The van der Waals surface area contributed by atoms with E-state index in [1.807, 2.05) is 12.1 Å². The predicted octanol–water partition coefficient (Wildman–Crippen LogP) is 2.33. The van der Waals surface area contributed by atoms with Gasteiger partial charge in [-0.2, -0.15) is 0 Å². The first-order chi connectivity index (χ1) is 7.63. The Hall–Kier alpha value is -1.09. The van der Waals surface area contributed by atoms with E-state index in [0.717, 1.165) is 24.3 Å². The van der Waals surface area contributed by atoms with Crippen LogP contribution in [0.25, 0.3) is 0 Å². The molecule has 1 heterocycles. The third-order valence-electron chi connectivity index (χ3n) is 3.03. The summed E-state index contributed by atoms with van der Waals surface area (Å²) >= 11 is 0. The second kappa shape index (κ2) is 6.48. The summed E-state index contributed by atoms with van der Waals surface area (Å²) in [6, 6.07) is 4.57. The molecule has 3 nitrogen and oxygen atoms in total. The first-order valence-corrected chi connectivity index (χ1v) is 6.04. The van der Waals surface area contributed by atoms with Crippen molar-refractivity contribution in [2.24, 2.45) is 0 Å². The van der Waals surface area contributed by atoms with Crippen LogP contribution in [0.3, 0.4) is 0 Å². The molecule has 90 valence electrons. The van der Waals surface area contributed by atoms with Gasteiger partial charge in [-0.3, -0.25) is 4.98 Å². The molecule has 16 heavy (non-hydrogen) atoms. The van der Waals surface area contributed by atoms with Crippen LogP contribution in [0.2, 0.25) is 0 Å². The van der Waals surface area contributed by atoms with Gasteiger partial charge in [0, 0.05) is 24.7 Å². The highest BCUT2D eigenvalue weighted by molar-refractivity contribution is 5.34. The number of anilines is 1. The van der Waals surface area contributed by atoms with Gasteiger partial charge in [-0.15, -0.1) is 0 Å². The van der Waals surface area contributed by atoms with Crippen LogP contribution in [0.5, 0.6) is 0 Å². The minimum Gasteiger partial charge on any atom is -0.397 e. The lowest BCUT2D eigenvalue weighted by molar-refractivity contribution is 0.247. The highest BCUT2D eigenvalue weighted by Gasteiger charge is 2.07. The Morgan fingerprint density at radius 3 is 2.75 bits per heavy atom. The summed E-state index contributed by atoms with van der Waals surface area (Å²) in [6.07, 6.45) is 5.22. The molecular weight excluding hydrogens is 198 g/mol. The summed E-state index contributed by atoms with van der Waals surface area (Å²) in [4.78, 5) is 6.69. The van der Waals surface area contributed by atoms with Gasteiger partial charge in [0.15, 0.2) is 0 Å². The largest absolute Gasteiger partial charge is 0.397 e. The van der Waals surface area contributed by atoms with E-state index < -0.39 is 0 Å². The van der Waals surface area contributed by atoms with Crippen molar-refractivity contribution in [2.45, 2.75) is 39.2 Å². The van der Waals surface area contributed by atoms with Crippen molar-refractivity contribution >= 4 is 5.69 Å². The third kappa shape index (κ3) is 4.19. The van der Waals surface area contributed by atoms with E-state index in [9.17, 15) is 0 Å². The van der Waals surface area contributed by atoms with Crippen LogP contribution in [0.1, 0.15) is 32.4 Å². The van der Waals surface area contributed by atoms with Gasteiger partial charge in [0.2, 0.25) is 0 Å². The standard InChI is InChI=1S/C13H23N3/c1-4-5-11(2)16(3)9-8-13-7-6-12(14)10-15-13/h6-7,10-11H,4-5,8-9,14H2,1-3H3. The van der Waals surface area contributed by atoms with Crippen LogP contribution >= 0.6 is 0 Å². The second-order valence-corrected chi connectivity index (χ2v) is 4.45. The fourth-order valence-corrected chi connectivity index (χ4v) is 1.73. The Morgan fingerprint density at radius 1 is 1.44 bits per heavy atom. The summed E-state index contributed by atoms with van der Waals surface area (Å²) in [6.45, 7) is 5.56. The van der Waals surface area contributed by atoms with Crippen molar-refractivity contribution in [1.82, 2.24) is 9.88 Å². The SMILES string of the molecule is CCCC(C)N(C)CCc1ccc(N)cn1. The molecule has 0 amide bonds.